The Balaban J connectivity index is 1.48. The van der Waals surface area contributed by atoms with Crippen LogP contribution in [0.5, 0.6) is 0 Å². The molecule has 0 radical (unpaired) electrons. The standard InChI is InChI=1S/C18H23N3OS/c22-18(21-11-10-19-8-2-1-5-15(19)13-21)17-7-3-9-20(17)14-16-6-4-12-23-16/h3-4,6-7,9,12,15H,1-2,5,8,10-11,13-14H2/t15-/m1/s1. The minimum atomic E-state index is 0.191. The number of piperidine rings is 1. The zero-order chi connectivity index (χ0) is 15.6. The van der Waals surface area contributed by atoms with Gasteiger partial charge in [0.2, 0.25) is 0 Å². The lowest BCUT2D eigenvalue weighted by Crippen LogP contribution is -2.56. The second kappa shape index (κ2) is 6.49. The molecular weight excluding hydrogens is 306 g/mol. The van der Waals surface area contributed by atoms with Gasteiger partial charge in [-0.3, -0.25) is 9.69 Å². The third-order valence-corrected chi connectivity index (χ3v) is 5.94. The minimum absolute atomic E-state index is 0.191. The molecule has 4 heterocycles. The van der Waals surface area contributed by atoms with Gasteiger partial charge in [0.15, 0.2) is 0 Å². The molecule has 1 amide bonds. The Kier molecular flexibility index (Phi) is 4.23. The number of thiophene rings is 1. The summed E-state index contributed by atoms with van der Waals surface area (Å²) in [4.78, 5) is 18.9. The van der Waals surface area contributed by atoms with Crippen molar-refractivity contribution in [3.05, 3.63) is 46.4 Å². The predicted molar refractivity (Wildman–Crippen MR) is 93.0 cm³/mol. The topological polar surface area (TPSA) is 28.5 Å². The van der Waals surface area contributed by atoms with Crippen LogP contribution in [0.1, 0.15) is 34.6 Å². The molecule has 0 bridgehead atoms. The summed E-state index contributed by atoms with van der Waals surface area (Å²) in [6.07, 6.45) is 5.87. The molecule has 0 aliphatic carbocycles. The van der Waals surface area contributed by atoms with Gasteiger partial charge in [-0.25, -0.2) is 0 Å². The molecule has 0 unspecified atom stereocenters. The van der Waals surface area contributed by atoms with Gasteiger partial charge in [0.25, 0.3) is 5.91 Å². The number of carbonyl (C=O) groups is 1. The van der Waals surface area contributed by atoms with Crippen molar-refractivity contribution in [3.8, 4) is 0 Å². The van der Waals surface area contributed by atoms with Crippen LogP contribution in [0.4, 0.5) is 0 Å². The van der Waals surface area contributed by atoms with Crippen LogP contribution in [0.3, 0.4) is 0 Å². The largest absolute Gasteiger partial charge is 0.338 e. The van der Waals surface area contributed by atoms with Crippen LogP contribution in [-0.4, -0.2) is 52.5 Å². The number of hydrogen-bond donors (Lipinski definition) is 0. The number of rotatable bonds is 3. The molecule has 2 aliphatic heterocycles. The second-order valence-electron chi connectivity index (χ2n) is 6.54. The molecule has 4 rings (SSSR count). The Hall–Kier alpha value is -1.59. The van der Waals surface area contributed by atoms with Crippen molar-refractivity contribution in [2.24, 2.45) is 0 Å². The van der Waals surface area contributed by atoms with Gasteiger partial charge in [0, 0.05) is 36.8 Å². The smallest absolute Gasteiger partial charge is 0.270 e. The Morgan fingerprint density at radius 2 is 2.13 bits per heavy atom. The van der Waals surface area contributed by atoms with E-state index >= 15 is 0 Å². The number of aromatic nitrogens is 1. The first kappa shape index (κ1) is 15.0. The van der Waals surface area contributed by atoms with E-state index in [1.165, 1.54) is 30.7 Å². The van der Waals surface area contributed by atoms with Crippen molar-refractivity contribution in [3.63, 3.8) is 0 Å². The third-order valence-electron chi connectivity index (χ3n) is 5.08. The monoisotopic (exact) mass is 329 g/mol. The maximum atomic E-state index is 13.0. The zero-order valence-electron chi connectivity index (χ0n) is 13.4. The SMILES string of the molecule is O=C(c1cccn1Cc1cccs1)N1CCN2CCCC[C@@H]2C1. The highest BCUT2D eigenvalue weighted by Gasteiger charge is 2.32. The Labute approximate surface area is 141 Å². The number of fused-ring (bicyclic) bond motifs is 1. The summed E-state index contributed by atoms with van der Waals surface area (Å²) < 4.78 is 2.08. The number of amides is 1. The lowest BCUT2D eigenvalue weighted by molar-refractivity contribution is 0.0365. The molecule has 2 aromatic heterocycles. The average Bonchev–Trinajstić information content (AvgIpc) is 3.26. The number of hydrogen-bond acceptors (Lipinski definition) is 3. The number of carbonyl (C=O) groups excluding carboxylic acids is 1. The first-order valence-electron chi connectivity index (χ1n) is 8.52. The maximum absolute atomic E-state index is 13.0. The highest BCUT2D eigenvalue weighted by molar-refractivity contribution is 7.09. The average molecular weight is 329 g/mol. The van der Waals surface area contributed by atoms with E-state index in [-0.39, 0.29) is 5.91 Å². The van der Waals surface area contributed by atoms with Crippen molar-refractivity contribution in [1.82, 2.24) is 14.4 Å². The van der Waals surface area contributed by atoms with Gasteiger partial charge in [-0.2, -0.15) is 0 Å². The third kappa shape index (κ3) is 3.08. The molecule has 5 heteroatoms. The van der Waals surface area contributed by atoms with Gasteiger partial charge >= 0.3 is 0 Å². The van der Waals surface area contributed by atoms with E-state index in [9.17, 15) is 4.79 Å². The van der Waals surface area contributed by atoms with E-state index in [1.54, 1.807) is 11.3 Å². The zero-order valence-corrected chi connectivity index (χ0v) is 14.2. The first-order chi connectivity index (χ1) is 11.3. The molecule has 122 valence electrons. The van der Waals surface area contributed by atoms with Crippen molar-refractivity contribution in [1.29, 1.82) is 0 Å². The molecule has 0 N–H and O–H groups in total. The predicted octanol–water partition coefficient (Wildman–Crippen LogP) is 2.91. The van der Waals surface area contributed by atoms with Gasteiger partial charge in [-0.05, 0) is 43.0 Å². The lowest BCUT2D eigenvalue weighted by atomic mass is 9.99. The Morgan fingerprint density at radius 3 is 3.00 bits per heavy atom. The van der Waals surface area contributed by atoms with Crippen molar-refractivity contribution < 1.29 is 4.79 Å². The van der Waals surface area contributed by atoms with E-state index < -0.39 is 0 Å². The molecule has 2 fully saturated rings. The van der Waals surface area contributed by atoms with E-state index in [2.05, 4.69) is 31.9 Å². The molecule has 23 heavy (non-hydrogen) atoms. The van der Waals surface area contributed by atoms with Crippen LogP contribution in [0.2, 0.25) is 0 Å². The fourth-order valence-electron chi connectivity index (χ4n) is 3.82. The van der Waals surface area contributed by atoms with Crippen LogP contribution < -0.4 is 0 Å². The maximum Gasteiger partial charge on any atom is 0.270 e. The Bertz CT molecular complexity index is 664. The first-order valence-corrected chi connectivity index (χ1v) is 9.40. The van der Waals surface area contributed by atoms with Gasteiger partial charge in [0.05, 0.1) is 6.54 Å². The molecule has 4 nitrogen and oxygen atoms in total. The molecule has 2 saturated heterocycles. The fourth-order valence-corrected chi connectivity index (χ4v) is 4.52. The molecule has 0 saturated carbocycles. The van der Waals surface area contributed by atoms with Crippen LogP contribution in [0.15, 0.2) is 35.8 Å². The van der Waals surface area contributed by atoms with E-state index in [0.29, 0.717) is 6.04 Å². The van der Waals surface area contributed by atoms with E-state index in [4.69, 9.17) is 0 Å². The quantitative estimate of drug-likeness (QED) is 0.866. The van der Waals surface area contributed by atoms with Gasteiger partial charge in [0.1, 0.15) is 5.69 Å². The number of piperazine rings is 1. The van der Waals surface area contributed by atoms with Crippen LogP contribution >= 0.6 is 11.3 Å². The molecule has 1 atom stereocenters. The highest BCUT2D eigenvalue weighted by Crippen LogP contribution is 2.22. The summed E-state index contributed by atoms with van der Waals surface area (Å²) in [5.74, 6) is 0.191. The van der Waals surface area contributed by atoms with Crippen LogP contribution in [0, 0.1) is 0 Å². The summed E-state index contributed by atoms with van der Waals surface area (Å²) >= 11 is 1.74. The summed E-state index contributed by atoms with van der Waals surface area (Å²) in [5, 5.41) is 2.09. The summed E-state index contributed by atoms with van der Waals surface area (Å²) in [5.41, 5.74) is 0.822. The van der Waals surface area contributed by atoms with E-state index in [1.807, 2.05) is 18.3 Å². The highest BCUT2D eigenvalue weighted by atomic mass is 32.1. The second-order valence-corrected chi connectivity index (χ2v) is 7.57. The normalized spacial score (nSPS) is 22.1. The van der Waals surface area contributed by atoms with Crippen molar-refractivity contribution >= 4 is 17.2 Å². The van der Waals surface area contributed by atoms with Crippen molar-refractivity contribution in [2.45, 2.75) is 31.8 Å². The van der Waals surface area contributed by atoms with Crippen molar-refractivity contribution in [2.75, 3.05) is 26.2 Å². The van der Waals surface area contributed by atoms with Gasteiger partial charge in [-0.15, -0.1) is 11.3 Å². The number of nitrogens with zero attached hydrogens (tertiary/aromatic N) is 3. The molecular formula is C18H23N3OS. The van der Waals surface area contributed by atoms with E-state index in [0.717, 1.165) is 31.9 Å². The Morgan fingerprint density at radius 1 is 1.17 bits per heavy atom. The van der Waals surface area contributed by atoms with Gasteiger partial charge in [-0.1, -0.05) is 12.5 Å². The summed E-state index contributed by atoms with van der Waals surface area (Å²) in [7, 11) is 0. The fraction of sp³-hybridized carbons (Fsp3) is 0.500. The summed E-state index contributed by atoms with van der Waals surface area (Å²) in [6, 6.07) is 8.70. The lowest BCUT2D eigenvalue weighted by Gasteiger charge is -2.44. The summed E-state index contributed by atoms with van der Waals surface area (Å²) in [6.45, 7) is 4.78. The molecule has 2 aromatic rings. The molecule has 0 spiro atoms. The van der Waals surface area contributed by atoms with Crippen LogP contribution in [-0.2, 0) is 6.54 Å². The van der Waals surface area contributed by atoms with Gasteiger partial charge < -0.3 is 9.47 Å². The molecule has 2 aliphatic rings. The van der Waals surface area contributed by atoms with Crippen LogP contribution in [0.25, 0.3) is 0 Å². The molecule has 0 aromatic carbocycles. The minimum Gasteiger partial charge on any atom is -0.338 e.